The second-order valence-electron chi connectivity index (χ2n) is 2.57. The molecule has 1 rings (SSSR count). The smallest absolute Gasteiger partial charge is 0.271 e. The molecule has 0 fully saturated rings. The van der Waals surface area contributed by atoms with Crippen LogP contribution in [-0.2, 0) is 7.05 Å². The Morgan fingerprint density at radius 2 is 2.54 bits per heavy atom. The standard InChI is InChI=1S/C7H12N4O2/c1-11-4-10-6(8)5(11)7(13)9-2-3-12/h4,12H,2-3,8H2,1H3,(H,9,13). The van der Waals surface area contributed by atoms with Crippen molar-refractivity contribution in [1.29, 1.82) is 0 Å². The molecule has 72 valence electrons. The van der Waals surface area contributed by atoms with Gasteiger partial charge in [0.1, 0.15) is 0 Å². The van der Waals surface area contributed by atoms with E-state index in [0.29, 0.717) is 5.69 Å². The molecule has 0 atom stereocenters. The van der Waals surface area contributed by atoms with Crippen LogP contribution >= 0.6 is 0 Å². The number of nitrogens with two attached hydrogens (primary N) is 1. The molecule has 13 heavy (non-hydrogen) atoms. The molecule has 1 aromatic heterocycles. The van der Waals surface area contributed by atoms with E-state index in [0.717, 1.165) is 0 Å². The first-order chi connectivity index (χ1) is 6.16. The summed E-state index contributed by atoms with van der Waals surface area (Å²) in [6.45, 7) is 0.118. The summed E-state index contributed by atoms with van der Waals surface area (Å²) >= 11 is 0. The van der Waals surface area contributed by atoms with Crippen molar-refractivity contribution in [2.75, 3.05) is 18.9 Å². The van der Waals surface area contributed by atoms with Gasteiger partial charge in [-0.3, -0.25) is 4.79 Å². The highest BCUT2D eigenvalue weighted by Crippen LogP contribution is 2.06. The van der Waals surface area contributed by atoms with Crippen molar-refractivity contribution >= 4 is 11.7 Å². The maximum Gasteiger partial charge on any atom is 0.271 e. The quantitative estimate of drug-likeness (QED) is 0.545. The molecule has 6 heteroatoms. The monoisotopic (exact) mass is 184 g/mol. The van der Waals surface area contributed by atoms with Gasteiger partial charge in [-0.05, 0) is 0 Å². The van der Waals surface area contributed by atoms with E-state index < -0.39 is 0 Å². The van der Waals surface area contributed by atoms with Crippen molar-refractivity contribution < 1.29 is 9.90 Å². The summed E-state index contributed by atoms with van der Waals surface area (Å²) in [5.41, 5.74) is 5.77. The van der Waals surface area contributed by atoms with E-state index in [1.54, 1.807) is 7.05 Å². The molecular formula is C7H12N4O2. The molecule has 1 amide bonds. The molecule has 0 aromatic carbocycles. The fourth-order valence-electron chi connectivity index (χ4n) is 0.978. The summed E-state index contributed by atoms with van der Waals surface area (Å²) < 4.78 is 1.53. The predicted octanol–water partition coefficient (Wildman–Crippen LogP) is -1.28. The highest BCUT2D eigenvalue weighted by Gasteiger charge is 2.13. The Morgan fingerprint density at radius 1 is 1.85 bits per heavy atom. The number of aryl methyl sites for hydroxylation is 1. The number of rotatable bonds is 3. The van der Waals surface area contributed by atoms with Crippen LogP contribution in [0.4, 0.5) is 5.82 Å². The molecule has 0 bridgehead atoms. The molecule has 0 unspecified atom stereocenters. The summed E-state index contributed by atoms with van der Waals surface area (Å²) in [7, 11) is 1.68. The van der Waals surface area contributed by atoms with E-state index in [-0.39, 0.29) is 24.9 Å². The van der Waals surface area contributed by atoms with Crippen molar-refractivity contribution in [3.05, 3.63) is 12.0 Å². The van der Waals surface area contributed by atoms with Gasteiger partial charge < -0.3 is 20.7 Å². The average molecular weight is 184 g/mol. The van der Waals surface area contributed by atoms with Crippen molar-refractivity contribution in [2.24, 2.45) is 7.05 Å². The molecular weight excluding hydrogens is 172 g/mol. The van der Waals surface area contributed by atoms with Crippen LogP contribution in [-0.4, -0.2) is 33.7 Å². The Balaban J connectivity index is 2.76. The largest absolute Gasteiger partial charge is 0.395 e. The summed E-state index contributed by atoms with van der Waals surface area (Å²) in [4.78, 5) is 15.1. The van der Waals surface area contributed by atoms with E-state index in [9.17, 15) is 4.79 Å². The number of carbonyl (C=O) groups excluding carboxylic acids is 1. The lowest BCUT2D eigenvalue weighted by atomic mass is 10.4. The fraction of sp³-hybridized carbons (Fsp3) is 0.429. The Hall–Kier alpha value is -1.56. The zero-order valence-corrected chi connectivity index (χ0v) is 7.32. The van der Waals surface area contributed by atoms with Gasteiger partial charge in [-0.25, -0.2) is 4.98 Å². The van der Waals surface area contributed by atoms with Crippen LogP contribution < -0.4 is 11.1 Å². The Kier molecular flexibility index (Phi) is 2.86. The number of carbonyl (C=O) groups is 1. The first kappa shape index (κ1) is 9.53. The summed E-state index contributed by atoms with van der Waals surface area (Å²) in [5.74, 6) is -0.135. The SMILES string of the molecule is Cn1cnc(N)c1C(=O)NCCO. The van der Waals surface area contributed by atoms with Gasteiger partial charge >= 0.3 is 0 Å². The predicted molar refractivity (Wildman–Crippen MR) is 47.0 cm³/mol. The van der Waals surface area contributed by atoms with Crippen LogP contribution in [0.15, 0.2) is 6.33 Å². The maximum atomic E-state index is 11.3. The van der Waals surface area contributed by atoms with Crippen LogP contribution in [0.2, 0.25) is 0 Å². The number of hydrogen-bond donors (Lipinski definition) is 3. The number of nitrogen functional groups attached to an aromatic ring is 1. The zero-order chi connectivity index (χ0) is 9.84. The van der Waals surface area contributed by atoms with E-state index >= 15 is 0 Å². The van der Waals surface area contributed by atoms with E-state index in [1.807, 2.05) is 0 Å². The zero-order valence-electron chi connectivity index (χ0n) is 7.32. The molecule has 1 aromatic rings. The van der Waals surface area contributed by atoms with Crippen LogP contribution in [0.1, 0.15) is 10.5 Å². The number of imidazole rings is 1. The third-order valence-corrected chi connectivity index (χ3v) is 1.58. The van der Waals surface area contributed by atoms with Gasteiger partial charge in [0.2, 0.25) is 0 Å². The minimum Gasteiger partial charge on any atom is -0.395 e. The van der Waals surface area contributed by atoms with E-state index in [4.69, 9.17) is 10.8 Å². The number of nitrogens with one attached hydrogen (secondary N) is 1. The third-order valence-electron chi connectivity index (χ3n) is 1.58. The number of aliphatic hydroxyl groups excluding tert-OH is 1. The second-order valence-corrected chi connectivity index (χ2v) is 2.57. The van der Waals surface area contributed by atoms with Gasteiger partial charge in [-0.15, -0.1) is 0 Å². The van der Waals surface area contributed by atoms with Crippen LogP contribution in [0.5, 0.6) is 0 Å². The number of amides is 1. The normalized spacial score (nSPS) is 10.0. The maximum absolute atomic E-state index is 11.3. The van der Waals surface area contributed by atoms with Crippen molar-refractivity contribution in [3.63, 3.8) is 0 Å². The van der Waals surface area contributed by atoms with Crippen LogP contribution in [0.25, 0.3) is 0 Å². The molecule has 4 N–H and O–H groups in total. The van der Waals surface area contributed by atoms with E-state index in [2.05, 4.69) is 10.3 Å². The minimum absolute atomic E-state index is 0.0938. The topological polar surface area (TPSA) is 93.2 Å². The van der Waals surface area contributed by atoms with Crippen LogP contribution in [0, 0.1) is 0 Å². The molecule has 6 nitrogen and oxygen atoms in total. The Labute approximate surface area is 75.4 Å². The van der Waals surface area contributed by atoms with E-state index in [1.165, 1.54) is 10.9 Å². The van der Waals surface area contributed by atoms with Gasteiger partial charge in [0.05, 0.1) is 12.9 Å². The number of aromatic nitrogens is 2. The molecule has 0 aliphatic rings. The molecule has 1 heterocycles. The number of nitrogens with zero attached hydrogens (tertiary/aromatic N) is 2. The molecule has 0 spiro atoms. The number of anilines is 1. The fourth-order valence-corrected chi connectivity index (χ4v) is 0.978. The lowest BCUT2D eigenvalue weighted by molar-refractivity contribution is 0.0937. The molecule has 0 aliphatic carbocycles. The van der Waals surface area contributed by atoms with Crippen molar-refractivity contribution in [3.8, 4) is 0 Å². The summed E-state index contributed by atoms with van der Waals surface area (Å²) in [6.07, 6.45) is 1.46. The average Bonchev–Trinajstić information content (AvgIpc) is 2.42. The minimum atomic E-state index is -0.327. The molecule has 0 aliphatic heterocycles. The Bertz CT molecular complexity index is 288. The first-order valence-electron chi connectivity index (χ1n) is 3.82. The highest BCUT2D eigenvalue weighted by atomic mass is 16.3. The highest BCUT2D eigenvalue weighted by molar-refractivity contribution is 5.96. The van der Waals surface area contributed by atoms with Crippen LogP contribution in [0.3, 0.4) is 0 Å². The van der Waals surface area contributed by atoms with Crippen molar-refractivity contribution in [2.45, 2.75) is 0 Å². The molecule has 0 saturated heterocycles. The third kappa shape index (κ3) is 1.97. The number of hydrogen-bond acceptors (Lipinski definition) is 4. The second kappa shape index (κ2) is 3.90. The molecule has 0 radical (unpaired) electrons. The van der Waals surface area contributed by atoms with Crippen molar-refractivity contribution in [1.82, 2.24) is 14.9 Å². The molecule has 0 saturated carbocycles. The summed E-state index contributed by atoms with van der Waals surface area (Å²) in [5, 5.41) is 11.0. The van der Waals surface area contributed by atoms with Gasteiger partial charge in [-0.1, -0.05) is 0 Å². The van der Waals surface area contributed by atoms with Gasteiger partial charge in [0.15, 0.2) is 11.5 Å². The Morgan fingerprint density at radius 3 is 3.00 bits per heavy atom. The van der Waals surface area contributed by atoms with Gasteiger partial charge in [0.25, 0.3) is 5.91 Å². The lowest BCUT2D eigenvalue weighted by Gasteiger charge is -2.03. The van der Waals surface area contributed by atoms with Gasteiger partial charge in [-0.2, -0.15) is 0 Å². The lowest BCUT2D eigenvalue weighted by Crippen LogP contribution is -2.28. The summed E-state index contributed by atoms with van der Waals surface area (Å²) in [6, 6.07) is 0. The first-order valence-corrected chi connectivity index (χ1v) is 3.82. The number of aliphatic hydroxyl groups is 1. The van der Waals surface area contributed by atoms with Gasteiger partial charge in [0, 0.05) is 13.6 Å².